The topological polar surface area (TPSA) is 0 Å². The molecule has 11 heavy (non-hydrogen) atoms. The minimum absolute atomic E-state index is 0.902. The Balaban J connectivity index is 1.91. The molecule has 0 nitrogen and oxygen atoms in total. The van der Waals surface area contributed by atoms with Crippen LogP contribution < -0.4 is 0 Å². The molecule has 0 aromatic rings. The summed E-state index contributed by atoms with van der Waals surface area (Å²) in [5.74, 6) is 5.81. The van der Waals surface area contributed by atoms with Gasteiger partial charge in [-0.2, -0.15) is 0 Å². The second-order valence-electron chi connectivity index (χ2n) is 4.97. The second-order valence-corrected chi connectivity index (χ2v) is 4.97. The second kappa shape index (κ2) is 1.53. The molecule has 0 bridgehead atoms. The molecule has 3 rings (SSSR count). The van der Waals surface area contributed by atoms with Gasteiger partial charge in [-0.1, -0.05) is 27.2 Å². The summed E-state index contributed by atoms with van der Waals surface area (Å²) in [5, 5.41) is 0. The molecule has 3 fully saturated rings. The first kappa shape index (κ1) is 6.51. The molecule has 0 saturated heterocycles. The van der Waals surface area contributed by atoms with Crippen molar-refractivity contribution < 1.29 is 0 Å². The fraction of sp³-hybridized carbons (Fsp3) is 1.00. The normalized spacial score (nSPS) is 69.5. The van der Waals surface area contributed by atoms with Crippen LogP contribution in [0.5, 0.6) is 0 Å². The third kappa shape index (κ3) is 0.381. The Labute approximate surface area is 69.4 Å². The molecule has 3 aliphatic carbocycles. The average molecular weight is 150 g/mol. The van der Waals surface area contributed by atoms with E-state index in [9.17, 15) is 0 Å². The lowest BCUT2D eigenvalue weighted by Gasteiger charge is -2.45. The van der Waals surface area contributed by atoms with Gasteiger partial charge in [-0.15, -0.1) is 0 Å². The van der Waals surface area contributed by atoms with Crippen LogP contribution in [0.2, 0.25) is 0 Å². The highest BCUT2D eigenvalue weighted by Crippen LogP contribution is 2.92. The molecule has 0 heteroatoms. The molecule has 0 heterocycles. The van der Waals surface area contributed by atoms with Gasteiger partial charge in [0.1, 0.15) is 0 Å². The van der Waals surface area contributed by atoms with E-state index in [1.165, 1.54) is 30.6 Å². The molecule has 62 valence electrons. The van der Waals surface area contributed by atoms with Crippen LogP contribution in [0.3, 0.4) is 0 Å². The van der Waals surface area contributed by atoms with Crippen LogP contribution in [0.25, 0.3) is 0 Å². The Hall–Kier alpha value is 0. The summed E-state index contributed by atoms with van der Waals surface area (Å²) in [6, 6.07) is 0. The lowest BCUT2D eigenvalue weighted by molar-refractivity contribution is 0.0213. The Morgan fingerprint density at radius 2 is 1.91 bits per heavy atom. The van der Waals surface area contributed by atoms with Gasteiger partial charge in [0.15, 0.2) is 0 Å². The molecule has 6 atom stereocenters. The van der Waals surface area contributed by atoms with E-state index < -0.39 is 0 Å². The predicted octanol–water partition coefficient (Wildman–Crippen LogP) is 2.93. The largest absolute Gasteiger partial charge is 0.0651 e. The van der Waals surface area contributed by atoms with E-state index in [0.29, 0.717) is 0 Å². The van der Waals surface area contributed by atoms with Crippen LogP contribution in [0, 0.1) is 35.0 Å². The van der Waals surface area contributed by atoms with Crippen molar-refractivity contribution in [1.29, 1.82) is 0 Å². The summed E-state index contributed by atoms with van der Waals surface area (Å²) < 4.78 is 0. The minimum atomic E-state index is 0.902. The molecule has 0 radical (unpaired) electrons. The average Bonchev–Trinajstić information content (AvgIpc) is 2.37. The fourth-order valence-corrected chi connectivity index (χ4v) is 5.09. The summed E-state index contributed by atoms with van der Waals surface area (Å²) in [7, 11) is 0. The molecule has 0 aromatic carbocycles. The van der Waals surface area contributed by atoms with Crippen LogP contribution in [0.15, 0.2) is 0 Å². The van der Waals surface area contributed by atoms with Gasteiger partial charge in [0, 0.05) is 0 Å². The molecule has 0 aliphatic heterocycles. The van der Waals surface area contributed by atoms with Crippen molar-refractivity contribution in [3.63, 3.8) is 0 Å². The first-order valence-corrected chi connectivity index (χ1v) is 5.29. The maximum Gasteiger partial charge on any atom is -0.0201 e. The fourth-order valence-electron chi connectivity index (χ4n) is 5.09. The summed E-state index contributed by atoms with van der Waals surface area (Å²) >= 11 is 0. The maximum absolute atomic E-state index is 2.49. The smallest absolute Gasteiger partial charge is 0.0201 e. The third-order valence-corrected chi connectivity index (χ3v) is 5.31. The summed E-state index contributed by atoms with van der Waals surface area (Å²) in [5.41, 5.74) is 0.902. The highest BCUT2D eigenvalue weighted by Gasteiger charge is 2.88. The molecular formula is C11H18. The first-order valence-electron chi connectivity index (χ1n) is 5.29. The van der Waals surface area contributed by atoms with Crippen molar-refractivity contribution in [1.82, 2.24) is 0 Å². The minimum Gasteiger partial charge on any atom is -0.0651 e. The highest BCUT2D eigenvalue weighted by molar-refractivity contribution is 5.35. The standard InChI is InChI=1S/C11H18/c1-4-7-8-6(3)9-10(8)11(7,9)5-2/h6-10H,4-5H2,1-3H3. The lowest BCUT2D eigenvalue weighted by atomic mass is 9.59. The molecule has 6 unspecified atom stereocenters. The van der Waals surface area contributed by atoms with Crippen molar-refractivity contribution in [2.45, 2.75) is 33.6 Å². The van der Waals surface area contributed by atoms with E-state index in [-0.39, 0.29) is 0 Å². The molecule has 0 spiro atoms. The van der Waals surface area contributed by atoms with Crippen LogP contribution in [0.4, 0.5) is 0 Å². The number of rotatable bonds is 2. The van der Waals surface area contributed by atoms with Gasteiger partial charge >= 0.3 is 0 Å². The van der Waals surface area contributed by atoms with Gasteiger partial charge in [0.25, 0.3) is 0 Å². The van der Waals surface area contributed by atoms with E-state index >= 15 is 0 Å². The van der Waals surface area contributed by atoms with Crippen LogP contribution >= 0.6 is 0 Å². The van der Waals surface area contributed by atoms with Gasteiger partial charge in [0.05, 0.1) is 0 Å². The zero-order chi connectivity index (χ0) is 7.80. The van der Waals surface area contributed by atoms with E-state index in [2.05, 4.69) is 20.8 Å². The van der Waals surface area contributed by atoms with E-state index in [0.717, 1.165) is 17.3 Å². The zero-order valence-electron chi connectivity index (χ0n) is 7.80. The van der Waals surface area contributed by atoms with Crippen LogP contribution in [0.1, 0.15) is 33.6 Å². The van der Waals surface area contributed by atoms with Crippen molar-refractivity contribution >= 4 is 0 Å². The Kier molecular flexibility index (Phi) is 0.906. The Bertz CT molecular complexity index is 202. The lowest BCUT2D eigenvalue weighted by Crippen LogP contribution is -2.40. The highest BCUT2D eigenvalue weighted by atomic mass is 14.9. The van der Waals surface area contributed by atoms with Gasteiger partial charge in [-0.3, -0.25) is 0 Å². The van der Waals surface area contributed by atoms with Gasteiger partial charge in [-0.25, -0.2) is 0 Å². The molecule has 0 aromatic heterocycles. The van der Waals surface area contributed by atoms with Crippen molar-refractivity contribution in [2.24, 2.45) is 35.0 Å². The van der Waals surface area contributed by atoms with Crippen LogP contribution in [-0.2, 0) is 0 Å². The van der Waals surface area contributed by atoms with E-state index in [1.54, 1.807) is 0 Å². The first-order chi connectivity index (χ1) is 5.29. The number of hydrogen-bond donors (Lipinski definition) is 0. The SMILES string of the molecule is CCC1C2C(C)C3C2C13CC. The van der Waals surface area contributed by atoms with Crippen molar-refractivity contribution in [3.8, 4) is 0 Å². The van der Waals surface area contributed by atoms with E-state index in [4.69, 9.17) is 0 Å². The maximum atomic E-state index is 2.49. The number of hydrogen-bond acceptors (Lipinski definition) is 0. The monoisotopic (exact) mass is 150 g/mol. The third-order valence-electron chi connectivity index (χ3n) is 5.31. The summed E-state index contributed by atoms with van der Waals surface area (Å²) in [6.07, 6.45) is 2.93. The Morgan fingerprint density at radius 1 is 1.18 bits per heavy atom. The zero-order valence-corrected chi connectivity index (χ0v) is 7.80. The Morgan fingerprint density at radius 3 is 2.27 bits per heavy atom. The van der Waals surface area contributed by atoms with Crippen molar-refractivity contribution in [3.05, 3.63) is 0 Å². The van der Waals surface area contributed by atoms with Crippen LogP contribution in [-0.4, -0.2) is 0 Å². The van der Waals surface area contributed by atoms with Gasteiger partial charge < -0.3 is 0 Å². The molecule has 0 N–H and O–H groups in total. The predicted molar refractivity (Wildman–Crippen MR) is 46.1 cm³/mol. The van der Waals surface area contributed by atoms with Gasteiger partial charge in [0.2, 0.25) is 0 Å². The summed E-state index contributed by atoms with van der Waals surface area (Å²) in [4.78, 5) is 0. The molecule has 0 amide bonds. The number of fused-ring (bicyclic) bond motifs is 1. The quantitative estimate of drug-likeness (QED) is 0.567. The molecular weight excluding hydrogens is 132 g/mol. The summed E-state index contributed by atoms with van der Waals surface area (Å²) in [6.45, 7) is 7.28. The molecule has 3 aliphatic rings. The van der Waals surface area contributed by atoms with Gasteiger partial charge in [-0.05, 0) is 41.4 Å². The molecule has 3 saturated carbocycles. The van der Waals surface area contributed by atoms with Crippen molar-refractivity contribution in [2.75, 3.05) is 0 Å². The van der Waals surface area contributed by atoms with E-state index in [1.807, 2.05) is 0 Å².